The zero-order valence-corrected chi connectivity index (χ0v) is 13.9. The first-order chi connectivity index (χ1) is 10.7. The lowest BCUT2D eigenvalue weighted by molar-refractivity contribution is -0.134. The van der Waals surface area contributed by atoms with Crippen molar-refractivity contribution in [1.82, 2.24) is 15.5 Å². The SMILES string of the molecule is CN=C(NCCCOC)NC1CCN(C(=O)C2CCCC2)C1. The molecule has 1 saturated heterocycles. The first-order valence-corrected chi connectivity index (χ1v) is 8.49. The van der Waals surface area contributed by atoms with Crippen LogP contribution in [0.1, 0.15) is 38.5 Å². The predicted octanol–water partition coefficient (Wildman–Crippen LogP) is 0.979. The lowest BCUT2D eigenvalue weighted by Crippen LogP contribution is -2.45. The van der Waals surface area contributed by atoms with Crippen LogP contribution in [0, 0.1) is 5.92 Å². The van der Waals surface area contributed by atoms with E-state index >= 15 is 0 Å². The first kappa shape index (κ1) is 17.1. The molecule has 2 N–H and O–H groups in total. The minimum Gasteiger partial charge on any atom is -0.385 e. The number of carbonyl (C=O) groups excluding carboxylic acids is 1. The van der Waals surface area contributed by atoms with E-state index in [0.717, 1.165) is 57.9 Å². The van der Waals surface area contributed by atoms with Gasteiger partial charge in [0.2, 0.25) is 5.91 Å². The molecule has 1 aliphatic carbocycles. The molecule has 2 rings (SSSR count). The molecule has 126 valence electrons. The van der Waals surface area contributed by atoms with E-state index in [-0.39, 0.29) is 5.92 Å². The van der Waals surface area contributed by atoms with Crippen LogP contribution in [0.25, 0.3) is 0 Å². The van der Waals surface area contributed by atoms with Gasteiger partial charge in [-0.2, -0.15) is 0 Å². The standard InChI is InChI=1S/C16H30N4O2/c1-17-16(18-9-5-11-22-2)19-14-8-10-20(12-14)15(21)13-6-3-4-7-13/h13-14H,3-12H2,1-2H3,(H2,17,18,19). The number of hydrogen-bond donors (Lipinski definition) is 2. The highest BCUT2D eigenvalue weighted by molar-refractivity contribution is 5.81. The summed E-state index contributed by atoms with van der Waals surface area (Å²) in [6.07, 6.45) is 6.53. The van der Waals surface area contributed by atoms with Crippen molar-refractivity contribution in [1.29, 1.82) is 0 Å². The molecule has 0 spiro atoms. The largest absolute Gasteiger partial charge is 0.385 e. The third-order valence-electron chi connectivity index (χ3n) is 4.59. The molecule has 22 heavy (non-hydrogen) atoms. The average Bonchev–Trinajstić information content (AvgIpc) is 3.21. The minimum atomic E-state index is 0.283. The van der Waals surface area contributed by atoms with Crippen LogP contribution in [0.4, 0.5) is 0 Å². The van der Waals surface area contributed by atoms with Gasteiger partial charge in [-0.05, 0) is 25.7 Å². The highest BCUT2D eigenvalue weighted by Gasteiger charge is 2.32. The van der Waals surface area contributed by atoms with E-state index in [9.17, 15) is 4.79 Å². The number of hydrogen-bond acceptors (Lipinski definition) is 3. The van der Waals surface area contributed by atoms with E-state index in [0.29, 0.717) is 11.9 Å². The van der Waals surface area contributed by atoms with Crippen LogP contribution < -0.4 is 10.6 Å². The van der Waals surface area contributed by atoms with Gasteiger partial charge in [0.05, 0.1) is 0 Å². The van der Waals surface area contributed by atoms with Crippen LogP contribution in [0.3, 0.4) is 0 Å². The molecule has 0 aromatic rings. The Morgan fingerprint density at radius 1 is 1.32 bits per heavy atom. The van der Waals surface area contributed by atoms with E-state index in [1.165, 1.54) is 12.8 Å². The lowest BCUT2D eigenvalue weighted by atomic mass is 10.1. The van der Waals surface area contributed by atoms with Gasteiger partial charge in [0, 0.05) is 52.4 Å². The van der Waals surface area contributed by atoms with Crippen molar-refractivity contribution < 1.29 is 9.53 Å². The Hall–Kier alpha value is -1.30. The Morgan fingerprint density at radius 3 is 2.77 bits per heavy atom. The summed E-state index contributed by atoms with van der Waals surface area (Å²) in [6, 6.07) is 0.305. The van der Waals surface area contributed by atoms with E-state index in [1.54, 1.807) is 14.2 Å². The topological polar surface area (TPSA) is 66.0 Å². The van der Waals surface area contributed by atoms with Crippen molar-refractivity contribution in [3.63, 3.8) is 0 Å². The monoisotopic (exact) mass is 310 g/mol. The molecule has 6 heteroatoms. The van der Waals surface area contributed by atoms with Gasteiger partial charge in [-0.25, -0.2) is 0 Å². The molecule has 0 aromatic heterocycles. The molecule has 1 atom stereocenters. The second kappa shape index (κ2) is 8.98. The predicted molar refractivity (Wildman–Crippen MR) is 87.9 cm³/mol. The Kier molecular flexibility index (Phi) is 6.96. The van der Waals surface area contributed by atoms with Crippen molar-refractivity contribution in [3.05, 3.63) is 0 Å². The number of rotatable bonds is 6. The summed E-state index contributed by atoms with van der Waals surface area (Å²) in [6.45, 7) is 3.25. The number of amides is 1. The molecule has 0 aromatic carbocycles. The molecular weight excluding hydrogens is 280 g/mol. The van der Waals surface area contributed by atoms with Crippen molar-refractivity contribution in [2.45, 2.75) is 44.6 Å². The van der Waals surface area contributed by atoms with Gasteiger partial charge < -0.3 is 20.3 Å². The average molecular weight is 310 g/mol. The van der Waals surface area contributed by atoms with Crippen LogP contribution >= 0.6 is 0 Å². The molecular formula is C16H30N4O2. The van der Waals surface area contributed by atoms with Crippen molar-refractivity contribution in [2.24, 2.45) is 10.9 Å². The number of likely N-dealkylation sites (tertiary alicyclic amines) is 1. The molecule has 1 aliphatic heterocycles. The van der Waals surface area contributed by atoms with Crippen molar-refractivity contribution in [3.8, 4) is 0 Å². The second-order valence-electron chi connectivity index (χ2n) is 6.24. The third-order valence-corrected chi connectivity index (χ3v) is 4.59. The van der Waals surface area contributed by atoms with E-state index in [1.807, 2.05) is 4.90 Å². The molecule has 2 fully saturated rings. The smallest absolute Gasteiger partial charge is 0.225 e. The Bertz CT molecular complexity index is 380. The van der Waals surface area contributed by atoms with E-state index in [4.69, 9.17) is 4.74 Å². The molecule has 2 aliphatic rings. The van der Waals surface area contributed by atoms with Crippen molar-refractivity contribution in [2.75, 3.05) is 40.4 Å². The molecule has 1 amide bonds. The maximum atomic E-state index is 12.4. The van der Waals surface area contributed by atoms with Crippen LogP contribution in [0.15, 0.2) is 4.99 Å². The summed E-state index contributed by atoms with van der Waals surface area (Å²) < 4.78 is 5.04. The Labute approximate surface area is 133 Å². The third kappa shape index (κ3) is 4.87. The second-order valence-corrected chi connectivity index (χ2v) is 6.24. The number of carbonyl (C=O) groups is 1. The zero-order chi connectivity index (χ0) is 15.8. The molecule has 1 heterocycles. The minimum absolute atomic E-state index is 0.283. The normalized spacial score (nSPS) is 23.1. The molecule has 0 bridgehead atoms. The Balaban J connectivity index is 1.71. The molecule has 1 unspecified atom stereocenters. The van der Waals surface area contributed by atoms with Crippen molar-refractivity contribution >= 4 is 11.9 Å². The number of ether oxygens (including phenoxy) is 1. The fraction of sp³-hybridized carbons (Fsp3) is 0.875. The number of guanidine groups is 1. The highest BCUT2D eigenvalue weighted by atomic mass is 16.5. The summed E-state index contributed by atoms with van der Waals surface area (Å²) in [7, 11) is 3.49. The first-order valence-electron chi connectivity index (χ1n) is 8.49. The van der Waals surface area contributed by atoms with Gasteiger partial charge >= 0.3 is 0 Å². The quantitative estimate of drug-likeness (QED) is 0.436. The number of methoxy groups -OCH3 is 1. The fourth-order valence-electron chi connectivity index (χ4n) is 3.32. The van der Waals surface area contributed by atoms with Gasteiger partial charge in [0.25, 0.3) is 0 Å². The van der Waals surface area contributed by atoms with Crippen LogP contribution in [0.5, 0.6) is 0 Å². The van der Waals surface area contributed by atoms with Crippen LogP contribution in [-0.2, 0) is 9.53 Å². The maximum absolute atomic E-state index is 12.4. The number of nitrogens with one attached hydrogen (secondary N) is 2. The number of aliphatic imine (C=N–C) groups is 1. The summed E-state index contributed by atoms with van der Waals surface area (Å²) in [5, 5.41) is 6.71. The van der Waals surface area contributed by atoms with Gasteiger partial charge in [-0.1, -0.05) is 12.8 Å². The lowest BCUT2D eigenvalue weighted by Gasteiger charge is -2.21. The van der Waals surface area contributed by atoms with Gasteiger partial charge in [-0.3, -0.25) is 9.79 Å². The summed E-state index contributed by atoms with van der Waals surface area (Å²) >= 11 is 0. The Morgan fingerprint density at radius 2 is 2.09 bits per heavy atom. The summed E-state index contributed by atoms with van der Waals surface area (Å²) in [5.41, 5.74) is 0. The zero-order valence-electron chi connectivity index (χ0n) is 13.9. The van der Waals surface area contributed by atoms with E-state index < -0.39 is 0 Å². The summed E-state index contributed by atoms with van der Waals surface area (Å²) in [5.74, 6) is 1.46. The molecule has 6 nitrogen and oxygen atoms in total. The highest BCUT2D eigenvalue weighted by Crippen LogP contribution is 2.27. The van der Waals surface area contributed by atoms with Gasteiger partial charge in [-0.15, -0.1) is 0 Å². The number of nitrogens with zero attached hydrogens (tertiary/aromatic N) is 2. The molecule has 1 saturated carbocycles. The van der Waals surface area contributed by atoms with Crippen LogP contribution in [-0.4, -0.2) is 63.2 Å². The molecule has 0 radical (unpaired) electrons. The maximum Gasteiger partial charge on any atom is 0.225 e. The summed E-state index contributed by atoms with van der Waals surface area (Å²) in [4.78, 5) is 18.7. The van der Waals surface area contributed by atoms with Gasteiger partial charge in [0.1, 0.15) is 0 Å². The van der Waals surface area contributed by atoms with Gasteiger partial charge in [0.15, 0.2) is 5.96 Å². The van der Waals surface area contributed by atoms with E-state index in [2.05, 4.69) is 15.6 Å². The fourth-order valence-corrected chi connectivity index (χ4v) is 3.32. The van der Waals surface area contributed by atoms with Crippen LogP contribution in [0.2, 0.25) is 0 Å².